The molecule has 15 heavy (non-hydrogen) atoms. The molecule has 0 amide bonds. The summed E-state index contributed by atoms with van der Waals surface area (Å²) in [6, 6.07) is 3.95. The van der Waals surface area contributed by atoms with Crippen molar-refractivity contribution >= 4 is 11.6 Å². The molecule has 0 radical (unpaired) electrons. The second-order valence-electron chi connectivity index (χ2n) is 4.45. The van der Waals surface area contributed by atoms with Crippen LogP contribution in [0.25, 0.3) is 0 Å². The molecule has 2 N–H and O–H groups in total. The normalized spacial score (nSPS) is 17.6. The van der Waals surface area contributed by atoms with Crippen molar-refractivity contribution in [2.45, 2.75) is 31.7 Å². The highest BCUT2D eigenvalue weighted by molar-refractivity contribution is 6.32. The zero-order valence-corrected chi connectivity index (χ0v) is 9.90. The average molecular weight is 226 g/mol. The second kappa shape index (κ2) is 3.69. The van der Waals surface area contributed by atoms with Crippen molar-refractivity contribution in [1.82, 2.24) is 0 Å². The summed E-state index contributed by atoms with van der Waals surface area (Å²) in [5.74, 6) is 0.736. The van der Waals surface area contributed by atoms with Gasteiger partial charge in [-0.05, 0) is 49.4 Å². The van der Waals surface area contributed by atoms with E-state index in [9.17, 15) is 0 Å². The predicted octanol–water partition coefficient (Wildman–Crippen LogP) is 2.69. The highest BCUT2D eigenvalue weighted by Gasteiger charge is 2.38. The van der Waals surface area contributed by atoms with E-state index in [1.807, 2.05) is 12.1 Å². The monoisotopic (exact) mass is 225 g/mol. The largest absolute Gasteiger partial charge is 0.495 e. The standard InChI is InChI=1S/C12H16ClNO/c1-8-5-11(15-2)10(13)6-9(8)7-12(14)3-4-12/h5-6H,3-4,7,14H2,1-2H3. The minimum absolute atomic E-state index is 0.0304. The van der Waals surface area contributed by atoms with E-state index in [0.717, 1.165) is 25.0 Å². The van der Waals surface area contributed by atoms with Gasteiger partial charge in [0.1, 0.15) is 5.75 Å². The van der Waals surface area contributed by atoms with Crippen LogP contribution in [0.4, 0.5) is 0 Å². The number of methoxy groups -OCH3 is 1. The minimum Gasteiger partial charge on any atom is -0.495 e. The minimum atomic E-state index is 0.0304. The molecule has 1 aromatic carbocycles. The summed E-state index contributed by atoms with van der Waals surface area (Å²) >= 11 is 6.08. The Morgan fingerprint density at radius 3 is 2.67 bits per heavy atom. The van der Waals surface area contributed by atoms with Crippen LogP contribution in [-0.4, -0.2) is 12.6 Å². The molecule has 2 nitrogen and oxygen atoms in total. The summed E-state index contributed by atoms with van der Waals surface area (Å²) in [5.41, 5.74) is 8.56. The molecule has 1 aliphatic rings. The number of hydrogen-bond donors (Lipinski definition) is 1. The van der Waals surface area contributed by atoms with Crippen molar-refractivity contribution in [2.24, 2.45) is 5.73 Å². The third-order valence-corrected chi connectivity index (χ3v) is 3.34. The molecule has 0 atom stereocenters. The molecule has 1 saturated carbocycles. The maximum Gasteiger partial charge on any atom is 0.137 e. The molecule has 0 saturated heterocycles. The van der Waals surface area contributed by atoms with E-state index in [4.69, 9.17) is 22.1 Å². The molecule has 2 rings (SSSR count). The summed E-state index contributed by atoms with van der Waals surface area (Å²) < 4.78 is 5.16. The van der Waals surface area contributed by atoms with Crippen molar-refractivity contribution in [3.05, 3.63) is 28.3 Å². The van der Waals surface area contributed by atoms with Crippen LogP contribution >= 0.6 is 11.6 Å². The summed E-state index contributed by atoms with van der Waals surface area (Å²) in [6.07, 6.45) is 3.16. The van der Waals surface area contributed by atoms with Crippen molar-refractivity contribution in [3.8, 4) is 5.75 Å². The Labute approximate surface area is 95.4 Å². The van der Waals surface area contributed by atoms with Crippen LogP contribution in [0.15, 0.2) is 12.1 Å². The third-order valence-electron chi connectivity index (χ3n) is 3.05. The van der Waals surface area contributed by atoms with E-state index in [1.54, 1.807) is 7.11 Å². The first-order valence-electron chi connectivity index (χ1n) is 5.16. The van der Waals surface area contributed by atoms with Gasteiger partial charge in [-0.1, -0.05) is 11.6 Å². The number of ether oxygens (including phenoxy) is 1. The molecule has 1 aromatic rings. The van der Waals surface area contributed by atoms with Gasteiger partial charge in [-0.3, -0.25) is 0 Å². The lowest BCUT2D eigenvalue weighted by molar-refractivity contribution is 0.414. The fourth-order valence-electron chi connectivity index (χ4n) is 1.76. The Kier molecular flexibility index (Phi) is 2.65. The van der Waals surface area contributed by atoms with Gasteiger partial charge in [0.05, 0.1) is 12.1 Å². The molecule has 0 heterocycles. The Morgan fingerprint density at radius 1 is 1.47 bits per heavy atom. The van der Waals surface area contributed by atoms with E-state index >= 15 is 0 Å². The Balaban J connectivity index is 2.28. The lowest BCUT2D eigenvalue weighted by Gasteiger charge is -2.13. The smallest absolute Gasteiger partial charge is 0.137 e. The first-order valence-corrected chi connectivity index (χ1v) is 5.54. The van der Waals surface area contributed by atoms with E-state index in [2.05, 4.69) is 6.92 Å². The Morgan fingerprint density at radius 2 is 2.13 bits per heavy atom. The average Bonchev–Trinajstić information content (AvgIpc) is 2.89. The van der Waals surface area contributed by atoms with Crippen LogP contribution < -0.4 is 10.5 Å². The molecule has 1 fully saturated rings. The van der Waals surface area contributed by atoms with Crippen LogP contribution in [-0.2, 0) is 6.42 Å². The van der Waals surface area contributed by atoms with Gasteiger partial charge >= 0.3 is 0 Å². The summed E-state index contributed by atoms with van der Waals surface area (Å²) in [7, 11) is 1.63. The van der Waals surface area contributed by atoms with Crippen LogP contribution in [0, 0.1) is 6.92 Å². The van der Waals surface area contributed by atoms with Crippen LogP contribution in [0.3, 0.4) is 0 Å². The van der Waals surface area contributed by atoms with Crippen molar-refractivity contribution in [1.29, 1.82) is 0 Å². The first-order chi connectivity index (χ1) is 7.04. The first kappa shape index (κ1) is 10.8. The van der Waals surface area contributed by atoms with Crippen LogP contribution in [0.2, 0.25) is 5.02 Å². The van der Waals surface area contributed by atoms with E-state index in [1.165, 1.54) is 11.1 Å². The predicted molar refractivity (Wildman–Crippen MR) is 62.6 cm³/mol. The van der Waals surface area contributed by atoms with E-state index in [0.29, 0.717) is 5.02 Å². The lowest BCUT2D eigenvalue weighted by Crippen LogP contribution is -2.24. The van der Waals surface area contributed by atoms with Crippen LogP contribution in [0.1, 0.15) is 24.0 Å². The van der Waals surface area contributed by atoms with Gasteiger partial charge in [0.2, 0.25) is 0 Å². The van der Waals surface area contributed by atoms with E-state index in [-0.39, 0.29) is 5.54 Å². The Bertz CT molecular complexity index is 385. The molecular weight excluding hydrogens is 210 g/mol. The highest BCUT2D eigenvalue weighted by Crippen LogP contribution is 2.38. The molecular formula is C12H16ClNO. The van der Waals surface area contributed by atoms with Gasteiger partial charge in [-0.25, -0.2) is 0 Å². The van der Waals surface area contributed by atoms with Gasteiger partial charge in [0, 0.05) is 5.54 Å². The fourth-order valence-corrected chi connectivity index (χ4v) is 2.02. The highest BCUT2D eigenvalue weighted by atomic mass is 35.5. The zero-order valence-electron chi connectivity index (χ0n) is 9.14. The zero-order chi connectivity index (χ0) is 11.1. The van der Waals surface area contributed by atoms with Crippen molar-refractivity contribution < 1.29 is 4.74 Å². The van der Waals surface area contributed by atoms with Crippen molar-refractivity contribution in [3.63, 3.8) is 0 Å². The van der Waals surface area contributed by atoms with Gasteiger partial charge < -0.3 is 10.5 Å². The molecule has 0 aromatic heterocycles. The molecule has 82 valence electrons. The van der Waals surface area contributed by atoms with E-state index < -0.39 is 0 Å². The number of hydrogen-bond acceptors (Lipinski definition) is 2. The quantitative estimate of drug-likeness (QED) is 0.859. The molecule has 0 aliphatic heterocycles. The lowest BCUT2D eigenvalue weighted by atomic mass is 10.00. The van der Waals surface area contributed by atoms with Crippen LogP contribution in [0.5, 0.6) is 5.75 Å². The number of aryl methyl sites for hydroxylation is 1. The maximum absolute atomic E-state index is 6.09. The molecule has 0 unspecified atom stereocenters. The topological polar surface area (TPSA) is 35.2 Å². The Hall–Kier alpha value is -0.730. The molecule has 1 aliphatic carbocycles. The summed E-state index contributed by atoms with van der Waals surface area (Å²) in [6.45, 7) is 2.07. The number of nitrogens with two attached hydrogens (primary N) is 1. The van der Waals surface area contributed by atoms with Gasteiger partial charge in [-0.15, -0.1) is 0 Å². The van der Waals surface area contributed by atoms with Gasteiger partial charge in [0.15, 0.2) is 0 Å². The fraction of sp³-hybridized carbons (Fsp3) is 0.500. The number of benzene rings is 1. The van der Waals surface area contributed by atoms with Gasteiger partial charge in [-0.2, -0.15) is 0 Å². The third kappa shape index (κ3) is 2.27. The molecule has 0 bridgehead atoms. The SMILES string of the molecule is COc1cc(C)c(CC2(N)CC2)cc1Cl. The molecule has 3 heteroatoms. The number of halogens is 1. The molecule has 0 spiro atoms. The van der Waals surface area contributed by atoms with Gasteiger partial charge in [0.25, 0.3) is 0 Å². The number of rotatable bonds is 3. The summed E-state index contributed by atoms with van der Waals surface area (Å²) in [5, 5.41) is 0.669. The second-order valence-corrected chi connectivity index (χ2v) is 4.86. The van der Waals surface area contributed by atoms with Crippen molar-refractivity contribution in [2.75, 3.05) is 7.11 Å². The summed E-state index contributed by atoms with van der Waals surface area (Å²) in [4.78, 5) is 0. The maximum atomic E-state index is 6.09.